The summed E-state index contributed by atoms with van der Waals surface area (Å²) in [5.41, 5.74) is 2.14. The predicted molar refractivity (Wildman–Crippen MR) is 88.9 cm³/mol. The Morgan fingerprint density at radius 2 is 1.86 bits per heavy atom. The first-order chi connectivity index (χ1) is 9.76. The summed E-state index contributed by atoms with van der Waals surface area (Å²) < 4.78 is 5.38. The van der Waals surface area contributed by atoms with Gasteiger partial charge in [0.2, 0.25) is 5.91 Å². The second-order valence-electron chi connectivity index (χ2n) is 6.43. The van der Waals surface area contributed by atoms with Crippen molar-refractivity contribution in [3.8, 4) is 5.75 Å². The molecule has 0 aliphatic heterocycles. The maximum atomic E-state index is 12.1. The van der Waals surface area contributed by atoms with Crippen molar-refractivity contribution < 1.29 is 9.53 Å². The molecule has 0 heterocycles. The van der Waals surface area contributed by atoms with Crippen LogP contribution >= 0.6 is 0 Å². The summed E-state index contributed by atoms with van der Waals surface area (Å²) in [4.78, 5) is 13.9. The Bertz CT molecular complexity index is 514. The van der Waals surface area contributed by atoms with E-state index in [-0.39, 0.29) is 11.3 Å². The molecule has 116 valence electrons. The maximum Gasteiger partial charge on any atom is 0.223 e. The van der Waals surface area contributed by atoms with Crippen molar-refractivity contribution in [1.82, 2.24) is 0 Å². The maximum absolute atomic E-state index is 12.1. The van der Waals surface area contributed by atoms with Crippen LogP contribution in [0.25, 0.3) is 0 Å². The number of rotatable bonds is 6. The van der Waals surface area contributed by atoms with E-state index in [1.807, 2.05) is 24.3 Å². The van der Waals surface area contributed by atoms with Crippen LogP contribution in [-0.2, 0) is 4.79 Å². The highest BCUT2D eigenvalue weighted by Crippen LogP contribution is 2.32. The number of para-hydroxylation sites is 2. The van der Waals surface area contributed by atoms with Crippen molar-refractivity contribution >= 4 is 11.6 Å². The zero-order chi connectivity index (χ0) is 16.0. The van der Waals surface area contributed by atoms with Gasteiger partial charge in [-0.15, -0.1) is 0 Å². The van der Waals surface area contributed by atoms with E-state index in [0.29, 0.717) is 6.54 Å². The number of allylic oxidation sites excluding steroid dienone is 2. The van der Waals surface area contributed by atoms with Gasteiger partial charge in [0.25, 0.3) is 0 Å². The summed E-state index contributed by atoms with van der Waals surface area (Å²) >= 11 is 0. The van der Waals surface area contributed by atoms with Gasteiger partial charge in [0, 0.05) is 13.5 Å². The van der Waals surface area contributed by atoms with Crippen molar-refractivity contribution in [2.24, 2.45) is 5.41 Å². The van der Waals surface area contributed by atoms with Crippen LogP contribution in [0.4, 0.5) is 5.69 Å². The SMILES string of the molecule is COc1ccccc1N(CC(C)(C)CC=C(C)C)C(C)=O. The van der Waals surface area contributed by atoms with Gasteiger partial charge in [-0.3, -0.25) is 4.79 Å². The quantitative estimate of drug-likeness (QED) is 0.725. The van der Waals surface area contributed by atoms with E-state index in [0.717, 1.165) is 17.9 Å². The molecule has 1 amide bonds. The molecular formula is C18H27NO2. The van der Waals surface area contributed by atoms with Crippen molar-refractivity contribution in [3.05, 3.63) is 35.9 Å². The summed E-state index contributed by atoms with van der Waals surface area (Å²) in [5.74, 6) is 0.760. The van der Waals surface area contributed by atoms with Gasteiger partial charge in [-0.05, 0) is 37.8 Å². The van der Waals surface area contributed by atoms with E-state index >= 15 is 0 Å². The summed E-state index contributed by atoms with van der Waals surface area (Å²) in [6.07, 6.45) is 3.16. The number of nitrogens with zero attached hydrogens (tertiary/aromatic N) is 1. The van der Waals surface area contributed by atoms with Gasteiger partial charge in [-0.25, -0.2) is 0 Å². The molecule has 0 saturated heterocycles. The fraction of sp³-hybridized carbons (Fsp3) is 0.500. The van der Waals surface area contributed by atoms with Gasteiger partial charge in [0.05, 0.1) is 12.8 Å². The molecule has 0 unspecified atom stereocenters. The van der Waals surface area contributed by atoms with Crippen molar-refractivity contribution in [3.63, 3.8) is 0 Å². The molecule has 0 saturated carbocycles. The summed E-state index contributed by atoms with van der Waals surface area (Å²) in [5, 5.41) is 0. The number of amides is 1. The summed E-state index contributed by atoms with van der Waals surface area (Å²) in [6, 6.07) is 7.65. The van der Waals surface area contributed by atoms with Crippen molar-refractivity contribution in [1.29, 1.82) is 0 Å². The van der Waals surface area contributed by atoms with E-state index < -0.39 is 0 Å². The predicted octanol–water partition coefficient (Wildman–Crippen LogP) is 4.43. The molecule has 1 rings (SSSR count). The van der Waals surface area contributed by atoms with Crippen LogP contribution in [0, 0.1) is 5.41 Å². The average molecular weight is 289 g/mol. The lowest BCUT2D eigenvalue weighted by Crippen LogP contribution is -2.37. The van der Waals surface area contributed by atoms with Gasteiger partial charge >= 0.3 is 0 Å². The lowest BCUT2D eigenvalue weighted by Gasteiger charge is -2.32. The Morgan fingerprint density at radius 1 is 1.24 bits per heavy atom. The van der Waals surface area contributed by atoms with E-state index in [1.54, 1.807) is 18.9 Å². The fourth-order valence-corrected chi connectivity index (χ4v) is 2.19. The smallest absolute Gasteiger partial charge is 0.223 e. The molecule has 0 atom stereocenters. The molecule has 0 aliphatic carbocycles. The van der Waals surface area contributed by atoms with Gasteiger partial charge in [-0.2, -0.15) is 0 Å². The lowest BCUT2D eigenvalue weighted by atomic mass is 9.87. The van der Waals surface area contributed by atoms with E-state index in [9.17, 15) is 4.79 Å². The first-order valence-corrected chi connectivity index (χ1v) is 7.31. The lowest BCUT2D eigenvalue weighted by molar-refractivity contribution is -0.116. The zero-order valence-electron chi connectivity index (χ0n) is 14.1. The number of hydrogen-bond acceptors (Lipinski definition) is 2. The molecule has 0 aliphatic rings. The molecule has 3 nitrogen and oxygen atoms in total. The molecule has 0 spiro atoms. The zero-order valence-corrected chi connectivity index (χ0v) is 14.1. The third-order valence-corrected chi connectivity index (χ3v) is 3.41. The van der Waals surface area contributed by atoms with Gasteiger partial charge in [0.1, 0.15) is 5.75 Å². The minimum absolute atomic E-state index is 0.00376. The molecule has 0 bridgehead atoms. The van der Waals surface area contributed by atoms with Gasteiger partial charge < -0.3 is 9.64 Å². The number of hydrogen-bond donors (Lipinski definition) is 0. The molecule has 3 heteroatoms. The fourth-order valence-electron chi connectivity index (χ4n) is 2.19. The third-order valence-electron chi connectivity index (χ3n) is 3.41. The second kappa shape index (κ2) is 7.30. The number of anilines is 1. The van der Waals surface area contributed by atoms with Crippen molar-refractivity contribution in [2.75, 3.05) is 18.6 Å². The van der Waals surface area contributed by atoms with Crippen LogP contribution in [0.2, 0.25) is 0 Å². The molecular weight excluding hydrogens is 262 g/mol. The highest BCUT2D eigenvalue weighted by atomic mass is 16.5. The molecule has 21 heavy (non-hydrogen) atoms. The standard InChI is InChI=1S/C18H27NO2/c1-14(2)11-12-18(4,5)13-19(15(3)20)16-9-7-8-10-17(16)21-6/h7-11H,12-13H2,1-6H3. The number of benzene rings is 1. The van der Waals surface area contributed by atoms with Crippen LogP contribution in [0.15, 0.2) is 35.9 Å². The molecule has 0 fully saturated rings. The Labute approximate surface area is 128 Å². The minimum Gasteiger partial charge on any atom is -0.495 e. The van der Waals surface area contributed by atoms with Gasteiger partial charge in [-0.1, -0.05) is 37.6 Å². The minimum atomic E-state index is 0.00376. The van der Waals surface area contributed by atoms with E-state index in [4.69, 9.17) is 4.74 Å². The van der Waals surface area contributed by atoms with E-state index in [2.05, 4.69) is 33.8 Å². The highest BCUT2D eigenvalue weighted by molar-refractivity contribution is 5.93. The second-order valence-corrected chi connectivity index (χ2v) is 6.43. The van der Waals surface area contributed by atoms with Crippen LogP contribution < -0.4 is 9.64 Å². The first kappa shape index (κ1) is 17.3. The number of ether oxygens (including phenoxy) is 1. The molecule has 0 aromatic heterocycles. The van der Waals surface area contributed by atoms with Crippen LogP contribution in [0.5, 0.6) is 5.75 Å². The number of carbonyl (C=O) groups excluding carboxylic acids is 1. The van der Waals surface area contributed by atoms with Crippen LogP contribution in [0.3, 0.4) is 0 Å². The van der Waals surface area contributed by atoms with E-state index in [1.165, 1.54) is 5.57 Å². The summed E-state index contributed by atoms with van der Waals surface area (Å²) in [7, 11) is 1.63. The average Bonchev–Trinajstić information content (AvgIpc) is 2.42. The monoisotopic (exact) mass is 289 g/mol. The summed E-state index contributed by atoms with van der Waals surface area (Å²) in [6.45, 7) is 10.8. The Morgan fingerprint density at radius 3 is 2.38 bits per heavy atom. The topological polar surface area (TPSA) is 29.5 Å². The molecule has 0 N–H and O–H groups in total. The van der Waals surface area contributed by atoms with Crippen LogP contribution in [0.1, 0.15) is 41.0 Å². The number of carbonyl (C=O) groups is 1. The Balaban J connectivity index is 3.03. The molecule has 0 radical (unpaired) electrons. The molecule has 1 aromatic carbocycles. The normalized spacial score (nSPS) is 11.0. The first-order valence-electron chi connectivity index (χ1n) is 7.31. The Kier molecular flexibility index (Phi) is 6.01. The highest BCUT2D eigenvalue weighted by Gasteiger charge is 2.25. The molecule has 1 aromatic rings. The third kappa shape index (κ3) is 5.25. The van der Waals surface area contributed by atoms with Gasteiger partial charge in [0.15, 0.2) is 0 Å². The Hall–Kier alpha value is -1.77. The van der Waals surface area contributed by atoms with Crippen molar-refractivity contribution in [2.45, 2.75) is 41.0 Å². The number of methoxy groups -OCH3 is 1. The van der Waals surface area contributed by atoms with Crippen LogP contribution in [-0.4, -0.2) is 19.6 Å². The largest absolute Gasteiger partial charge is 0.495 e.